The van der Waals surface area contributed by atoms with Crippen molar-refractivity contribution in [2.75, 3.05) is 13.2 Å². The Morgan fingerprint density at radius 1 is 1.00 bits per heavy atom. The molecule has 0 fully saturated rings. The molecule has 0 aliphatic heterocycles. The molecule has 150 valence electrons. The predicted octanol–water partition coefficient (Wildman–Crippen LogP) is 4.01. The predicted molar refractivity (Wildman–Crippen MR) is 105 cm³/mol. The van der Waals surface area contributed by atoms with E-state index in [1.807, 2.05) is 0 Å². The smallest absolute Gasteiger partial charge is 0.305 e. The van der Waals surface area contributed by atoms with Gasteiger partial charge in [0.15, 0.2) is 0 Å². The minimum Gasteiger partial charge on any atom is -0.481 e. The summed E-state index contributed by atoms with van der Waals surface area (Å²) in [6, 6.07) is 0. The van der Waals surface area contributed by atoms with E-state index in [2.05, 4.69) is 43.4 Å². The fourth-order valence-corrected chi connectivity index (χ4v) is 2.38. The Morgan fingerprint density at radius 2 is 1.65 bits per heavy atom. The molecule has 0 aliphatic rings. The van der Waals surface area contributed by atoms with Gasteiger partial charge in [0.1, 0.15) is 6.10 Å². The normalized spacial score (nSPS) is 14.6. The van der Waals surface area contributed by atoms with Crippen LogP contribution in [-0.4, -0.2) is 46.7 Å². The molecule has 0 rings (SSSR count). The second-order valence-electron chi connectivity index (χ2n) is 6.32. The summed E-state index contributed by atoms with van der Waals surface area (Å²) in [6.07, 6.45) is 19.3. The molecule has 0 heterocycles. The fraction of sp³-hybridized carbons (Fsp3) is 0.667. The summed E-state index contributed by atoms with van der Waals surface area (Å²) in [5.74, 6) is -0.908. The Morgan fingerprint density at radius 3 is 2.27 bits per heavy atom. The van der Waals surface area contributed by atoms with Crippen molar-refractivity contribution in [1.29, 1.82) is 0 Å². The van der Waals surface area contributed by atoms with Gasteiger partial charge in [0.25, 0.3) is 0 Å². The Hall–Kier alpha value is -1.43. The van der Waals surface area contributed by atoms with E-state index in [9.17, 15) is 9.90 Å². The molecule has 5 nitrogen and oxygen atoms in total. The number of hydrogen-bond acceptors (Lipinski definition) is 4. The van der Waals surface area contributed by atoms with Crippen molar-refractivity contribution in [3.05, 3.63) is 36.5 Å². The van der Waals surface area contributed by atoms with Crippen molar-refractivity contribution in [3.63, 3.8) is 0 Å². The zero-order valence-electron chi connectivity index (χ0n) is 16.1. The first-order valence-electron chi connectivity index (χ1n) is 9.67. The molecule has 2 unspecified atom stereocenters. The van der Waals surface area contributed by atoms with E-state index in [0.29, 0.717) is 6.42 Å². The van der Waals surface area contributed by atoms with Gasteiger partial charge in [-0.05, 0) is 38.5 Å². The number of aliphatic hydroxyl groups excluding tert-OH is 2. The molecular formula is C21H36O5. The quantitative estimate of drug-likeness (QED) is 0.267. The summed E-state index contributed by atoms with van der Waals surface area (Å²) < 4.78 is 5.40. The van der Waals surface area contributed by atoms with Crippen molar-refractivity contribution in [1.82, 2.24) is 0 Å². The minimum absolute atomic E-state index is 0.0288. The molecule has 2 atom stereocenters. The van der Waals surface area contributed by atoms with Crippen LogP contribution >= 0.6 is 0 Å². The first-order valence-corrected chi connectivity index (χ1v) is 9.67. The molecule has 5 heteroatoms. The molecule has 0 aromatic heterocycles. The number of unbranched alkanes of at least 4 members (excludes halogenated alkanes) is 3. The molecule has 0 amide bonds. The van der Waals surface area contributed by atoms with Gasteiger partial charge >= 0.3 is 5.97 Å². The third-order valence-corrected chi connectivity index (χ3v) is 3.81. The Labute approximate surface area is 158 Å². The second kappa shape index (κ2) is 18.4. The van der Waals surface area contributed by atoms with Crippen LogP contribution in [0.15, 0.2) is 36.5 Å². The highest BCUT2D eigenvalue weighted by molar-refractivity contribution is 5.67. The fourth-order valence-electron chi connectivity index (χ4n) is 2.38. The minimum atomic E-state index is -0.951. The zero-order valence-corrected chi connectivity index (χ0v) is 16.1. The number of rotatable bonds is 17. The van der Waals surface area contributed by atoms with Crippen LogP contribution in [0.2, 0.25) is 0 Å². The van der Waals surface area contributed by atoms with Gasteiger partial charge in [0.2, 0.25) is 0 Å². The molecule has 26 heavy (non-hydrogen) atoms. The lowest BCUT2D eigenvalue weighted by molar-refractivity contribution is -0.141. The maximum atomic E-state index is 10.8. The van der Waals surface area contributed by atoms with Crippen LogP contribution in [-0.2, 0) is 9.53 Å². The number of ether oxygens (including phenoxy) is 1. The maximum absolute atomic E-state index is 10.8. The highest BCUT2D eigenvalue weighted by Gasteiger charge is 2.15. The van der Waals surface area contributed by atoms with Crippen molar-refractivity contribution in [2.24, 2.45) is 0 Å². The number of aliphatic hydroxyl groups is 2. The maximum Gasteiger partial charge on any atom is 0.305 e. The van der Waals surface area contributed by atoms with Crippen LogP contribution < -0.4 is 0 Å². The number of carboxylic acid groups (broad SMARTS) is 1. The van der Waals surface area contributed by atoms with E-state index in [1.165, 1.54) is 0 Å². The van der Waals surface area contributed by atoms with Gasteiger partial charge in [0.05, 0.1) is 25.7 Å². The highest BCUT2D eigenvalue weighted by atomic mass is 16.5. The van der Waals surface area contributed by atoms with Gasteiger partial charge in [0, 0.05) is 0 Å². The number of hydrogen-bond donors (Lipinski definition) is 3. The molecular weight excluding hydrogens is 332 g/mol. The van der Waals surface area contributed by atoms with E-state index in [4.69, 9.17) is 14.9 Å². The van der Waals surface area contributed by atoms with Crippen molar-refractivity contribution in [3.8, 4) is 0 Å². The summed E-state index contributed by atoms with van der Waals surface area (Å²) in [7, 11) is 0. The van der Waals surface area contributed by atoms with Gasteiger partial charge in [-0.3, -0.25) is 4.79 Å². The van der Waals surface area contributed by atoms with Gasteiger partial charge in [-0.25, -0.2) is 0 Å². The lowest BCUT2D eigenvalue weighted by Gasteiger charge is -2.17. The van der Waals surface area contributed by atoms with E-state index < -0.39 is 18.2 Å². The van der Waals surface area contributed by atoms with Crippen molar-refractivity contribution >= 4 is 5.97 Å². The molecule has 0 saturated heterocycles. The van der Waals surface area contributed by atoms with Crippen molar-refractivity contribution < 1.29 is 24.9 Å². The number of allylic oxidation sites excluding steroid dienone is 6. The van der Waals surface area contributed by atoms with Crippen LogP contribution in [0.4, 0.5) is 0 Å². The van der Waals surface area contributed by atoms with Crippen LogP contribution in [0.3, 0.4) is 0 Å². The van der Waals surface area contributed by atoms with E-state index >= 15 is 0 Å². The molecule has 0 bridgehead atoms. The van der Waals surface area contributed by atoms with Crippen molar-refractivity contribution in [2.45, 2.75) is 76.9 Å². The van der Waals surface area contributed by atoms with E-state index in [0.717, 1.165) is 44.9 Å². The summed E-state index contributed by atoms with van der Waals surface area (Å²) in [5.41, 5.74) is 0. The van der Waals surface area contributed by atoms with Gasteiger partial charge in [-0.1, -0.05) is 56.2 Å². The Bertz CT molecular complexity index is 415. The van der Waals surface area contributed by atoms with E-state index in [-0.39, 0.29) is 19.6 Å². The third kappa shape index (κ3) is 17.4. The molecule has 0 aromatic carbocycles. The van der Waals surface area contributed by atoms with Gasteiger partial charge < -0.3 is 20.1 Å². The molecule has 0 spiro atoms. The zero-order chi connectivity index (χ0) is 19.5. The summed E-state index contributed by atoms with van der Waals surface area (Å²) in [6.45, 7) is 1.72. The molecule has 0 saturated carbocycles. The second-order valence-corrected chi connectivity index (χ2v) is 6.32. The number of carboxylic acids is 1. The monoisotopic (exact) mass is 368 g/mol. The standard InChI is InChI=1S/C21H36O5/c1-2-3-4-5-6-7-8-9-10-11-12-13-14-15-20(16-21(24)25)26-18-19(23)17-22/h3-4,6-7,9-10,19-20,22-23H,2,5,8,11-18H2,1H3,(H,24,25)/b4-3-,7-6-,10-9-. The SMILES string of the molecule is CC/C=C\C/C=C\C/C=C\CCCCCC(CC(=O)O)OCC(O)CO. The highest BCUT2D eigenvalue weighted by Crippen LogP contribution is 2.12. The largest absolute Gasteiger partial charge is 0.481 e. The van der Waals surface area contributed by atoms with Crippen LogP contribution in [0.25, 0.3) is 0 Å². The van der Waals surface area contributed by atoms with E-state index in [1.54, 1.807) is 0 Å². The first-order chi connectivity index (χ1) is 12.6. The van der Waals surface area contributed by atoms with Crippen LogP contribution in [0.5, 0.6) is 0 Å². The van der Waals surface area contributed by atoms with Gasteiger partial charge in [-0.15, -0.1) is 0 Å². The lowest BCUT2D eigenvalue weighted by atomic mass is 10.1. The first kappa shape index (κ1) is 24.6. The average molecular weight is 369 g/mol. The topological polar surface area (TPSA) is 87.0 Å². The molecule has 0 aromatic rings. The lowest BCUT2D eigenvalue weighted by Crippen LogP contribution is -2.26. The van der Waals surface area contributed by atoms with Crippen LogP contribution in [0, 0.1) is 0 Å². The summed E-state index contributed by atoms with van der Waals surface area (Å²) in [5, 5.41) is 27.0. The summed E-state index contributed by atoms with van der Waals surface area (Å²) in [4.78, 5) is 10.8. The number of aliphatic carboxylic acids is 1. The van der Waals surface area contributed by atoms with Crippen LogP contribution in [0.1, 0.15) is 64.7 Å². The van der Waals surface area contributed by atoms with Gasteiger partial charge in [-0.2, -0.15) is 0 Å². The molecule has 0 aliphatic carbocycles. The average Bonchev–Trinajstić information content (AvgIpc) is 2.62. The molecule has 0 radical (unpaired) electrons. The Kier molecular flexibility index (Phi) is 17.4. The summed E-state index contributed by atoms with van der Waals surface area (Å²) >= 11 is 0. The Balaban J connectivity index is 3.74. The third-order valence-electron chi connectivity index (χ3n) is 3.81. The molecule has 3 N–H and O–H groups in total. The number of carbonyl (C=O) groups is 1.